The second kappa shape index (κ2) is 9.83. The van der Waals surface area contributed by atoms with Gasteiger partial charge in [0.25, 0.3) is 6.20 Å². The Kier molecular flexibility index (Phi) is 8.06. The zero-order valence-electron chi connectivity index (χ0n) is 13.6. The van der Waals surface area contributed by atoms with Gasteiger partial charge in [-0.2, -0.15) is 0 Å². The van der Waals surface area contributed by atoms with Crippen molar-refractivity contribution < 1.29 is 9.34 Å². The van der Waals surface area contributed by atoms with Gasteiger partial charge in [-0.1, -0.05) is 6.42 Å². The lowest BCUT2D eigenvalue weighted by Crippen LogP contribution is -2.25. The largest absolute Gasteiger partial charge is 0.465 e. The molecule has 0 saturated carbocycles. The van der Waals surface area contributed by atoms with Crippen LogP contribution in [0.2, 0.25) is 0 Å². The highest BCUT2D eigenvalue weighted by molar-refractivity contribution is 5.07. The summed E-state index contributed by atoms with van der Waals surface area (Å²) in [5.41, 5.74) is 0. The molecule has 7 heteroatoms. The van der Waals surface area contributed by atoms with Crippen LogP contribution in [-0.4, -0.2) is 37.5 Å². The van der Waals surface area contributed by atoms with E-state index in [-0.39, 0.29) is 0 Å². The van der Waals surface area contributed by atoms with Crippen molar-refractivity contribution in [2.75, 3.05) is 27.7 Å². The van der Waals surface area contributed by atoms with Crippen molar-refractivity contribution in [3.8, 4) is 0 Å². The van der Waals surface area contributed by atoms with Crippen LogP contribution in [0.3, 0.4) is 0 Å². The maximum atomic E-state index is 10.4. The minimum Gasteiger partial charge on any atom is -0.465 e. The van der Waals surface area contributed by atoms with Crippen LogP contribution < -0.4 is 10.6 Å². The van der Waals surface area contributed by atoms with Crippen molar-refractivity contribution >= 4 is 0 Å². The molecule has 1 heterocycles. The highest BCUT2D eigenvalue weighted by Crippen LogP contribution is 2.12. The van der Waals surface area contributed by atoms with Crippen molar-refractivity contribution in [3.05, 3.63) is 45.8 Å². The molecule has 1 aromatic heterocycles. The highest BCUT2D eigenvalue weighted by atomic mass is 16.6. The molecule has 1 rings (SSSR count). The van der Waals surface area contributed by atoms with E-state index in [1.165, 1.54) is 0 Å². The number of nitro groups is 1. The van der Waals surface area contributed by atoms with Gasteiger partial charge in [0.1, 0.15) is 11.5 Å². The molecule has 0 aliphatic heterocycles. The topological polar surface area (TPSA) is 83.6 Å². The summed E-state index contributed by atoms with van der Waals surface area (Å²) in [6.45, 7) is 1.53. The Balaban J connectivity index is 2.15. The molecule has 0 radical (unpaired) electrons. The monoisotopic (exact) mass is 310 g/mol. The van der Waals surface area contributed by atoms with Crippen LogP contribution in [0.15, 0.2) is 28.6 Å². The zero-order chi connectivity index (χ0) is 16.4. The molecule has 0 spiro atoms. The number of rotatable bonds is 11. The summed E-state index contributed by atoms with van der Waals surface area (Å²) in [7, 11) is 5.69. The minimum atomic E-state index is -0.471. The highest BCUT2D eigenvalue weighted by Gasteiger charge is 2.03. The van der Waals surface area contributed by atoms with Gasteiger partial charge in [0.15, 0.2) is 5.82 Å². The van der Waals surface area contributed by atoms with Gasteiger partial charge in [-0.3, -0.25) is 10.1 Å². The van der Waals surface area contributed by atoms with Crippen molar-refractivity contribution in [1.29, 1.82) is 0 Å². The molecule has 0 aromatic carbocycles. The Labute approximate surface area is 131 Å². The Bertz CT molecular complexity index is 483. The maximum absolute atomic E-state index is 10.4. The van der Waals surface area contributed by atoms with Crippen LogP contribution in [0.1, 0.15) is 30.8 Å². The van der Waals surface area contributed by atoms with Gasteiger partial charge in [-0.25, -0.2) is 0 Å². The third kappa shape index (κ3) is 7.68. The number of nitrogens with zero attached hydrogens (tertiary/aromatic N) is 2. The number of hydrogen-bond donors (Lipinski definition) is 2. The first kappa shape index (κ1) is 18.0. The third-order valence-electron chi connectivity index (χ3n) is 3.11. The lowest BCUT2D eigenvalue weighted by molar-refractivity contribution is -0.404. The second-order valence-electron chi connectivity index (χ2n) is 5.42. The summed E-state index contributed by atoms with van der Waals surface area (Å²) in [6, 6.07) is 4.06. The SMILES string of the molecule is CN/C(=C\[N+](=O)[O-])NCCCCCc1ccc(CN(C)C)o1. The Morgan fingerprint density at radius 2 is 2.05 bits per heavy atom. The molecular formula is C15H26N4O3. The van der Waals surface area contributed by atoms with Gasteiger partial charge in [-0.15, -0.1) is 0 Å². The van der Waals surface area contributed by atoms with Gasteiger partial charge >= 0.3 is 0 Å². The first-order valence-electron chi connectivity index (χ1n) is 7.50. The summed E-state index contributed by atoms with van der Waals surface area (Å²) < 4.78 is 5.75. The average Bonchev–Trinajstić information content (AvgIpc) is 2.87. The molecule has 0 bridgehead atoms. The molecule has 0 fully saturated rings. The molecule has 7 nitrogen and oxygen atoms in total. The predicted molar refractivity (Wildman–Crippen MR) is 85.8 cm³/mol. The van der Waals surface area contributed by atoms with E-state index in [4.69, 9.17) is 4.42 Å². The molecule has 0 amide bonds. The van der Waals surface area contributed by atoms with Gasteiger partial charge < -0.3 is 20.0 Å². The third-order valence-corrected chi connectivity index (χ3v) is 3.11. The molecule has 22 heavy (non-hydrogen) atoms. The maximum Gasteiger partial charge on any atom is 0.274 e. The fraction of sp³-hybridized carbons (Fsp3) is 0.600. The van der Waals surface area contributed by atoms with E-state index in [1.54, 1.807) is 7.05 Å². The van der Waals surface area contributed by atoms with Crippen LogP contribution in [0, 0.1) is 10.1 Å². The van der Waals surface area contributed by atoms with Crippen molar-refractivity contribution in [2.45, 2.75) is 32.2 Å². The molecule has 0 saturated heterocycles. The van der Waals surface area contributed by atoms with Gasteiger partial charge in [-0.05, 0) is 39.1 Å². The fourth-order valence-corrected chi connectivity index (χ4v) is 2.08. The number of hydrogen-bond acceptors (Lipinski definition) is 6. The van der Waals surface area contributed by atoms with Crippen LogP contribution in [-0.2, 0) is 13.0 Å². The van der Waals surface area contributed by atoms with Crippen LogP contribution in [0.25, 0.3) is 0 Å². The molecule has 0 unspecified atom stereocenters. The molecular weight excluding hydrogens is 284 g/mol. The minimum absolute atomic E-state index is 0.435. The quantitative estimate of drug-likeness (QED) is 0.369. The van der Waals surface area contributed by atoms with E-state index in [0.29, 0.717) is 12.4 Å². The summed E-state index contributed by atoms with van der Waals surface area (Å²) in [6.07, 6.45) is 4.92. The van der Waals surface area contributed by atoms with Crippen LogP contribution in [0.4, 0.5) is 0 Å². The Hall–Kier alpha value is -2.02. The fourth-order valence-electron chi connectivity index (χ4n) is 2.08. The van der Waals surface area contributed by atoms with Crippen molar-refractivity contribution in [1.82, 2.24) is 15.5 Å². The van der Waals surface area contributed by atoms with E-state index in [9.17, 15) is 10.1 Å². The van der Waals surface area contributed by atoms with E-state index >= 15 is 0 Å². The van der Waals surface area contributed by atoms with Crippen molar-refractivity contribution in [3.63, 3.8) is 0 Å². The molecule has 0 atom stereocenters. The molecule has 1 aromatic rings. The number of aryl methyl sites for hydroxylation is 1. The Morgan fingerprint density at radius 1 is 1.32 bits per heavy atom. The number of nitrogens with one attached hydrogen (secondary N) is 2. The first-order valence-corrected chi connectivity index (χ1v) is 7.50. The zero-order valence-corrected chi connectivity index (χ0v) is 13.6. The summed E-state index contributed by atoms with van der Waals surface area (Å²) >= 11 is 0. The summed E-state index contributed by atoms with van der Waals surface area (Å²) in [5.74, 6) is 2.45. The lowest BCUT2D eigenvalue weighted by Gasteiger charge is -2.07. The first-order chi connectivity index (χ1) is 10.5. The predicted octanol–water partition coefficient (Wildman–Crippen LogP) is 1.94. The molecule has 124 valence electrons. The second-order valence-corrected chi connectivity index (χ2v) is 5.42. The van der Waals surface area contributed by atoms with Crippen LogP contribution >= 0.6 is 0 Å². The van der Waals surface area contributed by atoms with E-state index in [1.807, 2.05) is 26.2 Å². The molecule has 0 aliphatic rings. The standard InChI is InChI=1S/C15H26N4O3/c1-16-15(12-19(20)21)17-10-6-4-5-7-13-8-9-14(22-13)11-18(2)3/h8-9,12,16-17H,4-7,10-11H2,1-3H3/b15-12+. The van der Waals surface area contributed by atoms with Gasteiger partial charge in [0.05, 0.1) is 11.5 Å². The van der Waals surface area contributed by atoms with Gasteiger partial charge in [0.2, 0.25) is 0 Å². The number of furan rings is 1. The lowest BCUT2D eigenvalue weighted by atomic mass is 10.1. The average molecular weight is 310 g/mol. The molecule has 2 N–H and O–H groups in total. The van der Waals surface area contributed by atoms with Crippen LogP contribution in [0.5, 0.6) is 0 Å². The normalized spacial score (nSPS) is 11.7. The summed E-state index contributed by atoms with van der Waals surface area (Å²) in [4.78, 5) is 12.0. The smallest absolute Gasteiger partial charge is 0.274 e. The molecule has 0 aliphatic carbocycles. The van der Waals surface area contributed by atoms with E-state index < -0.39 is 4.92 Å². The Morgan fingerprint density at radius 3 is 2.68 bits per heavy atom. The van der Waals surface area contributed by atoms with E-state index in [2.05, 4.69) is 15.5 Å². The van der Waals surface area contributed by atoms with Gasteiger partial charge in [0, 0.05) is 20.0 Å². The number of unbranched alkanes of at least 4 members (excludes halogenated alkanes) is 2. The van der Waals surface area contributed by atoms with Crippen molar-refractivity contribution in [2.24, 2.45) is 0 Å². The van der Waals surface area contributed by atoms with E-state index in [0.717, 1.165) is 49.9 Å². The summed E-state index contributed by atoms with van der Waals surface area (Å²) in [5, 5.41) is 16.1.